The number of ether oxygens (including phenoxy) is 4. The van der Waals surface area contributed by atoms with Crippen molar-refractivity contribution in [2.75, 3.05) is 26.4 Å². The molecular formula is C63H85N3O9. The Bertz CT molecular complexity index is 2500. The van der Waals surface area contributed by atoms with E-state index in [2.05, 4.69) is 49.2 Å². The molecule has 12 heteroatoms. The minimum Gasteiger partial charge on any atom is -0.459 e. The topological polar surface area (TPSA) is 148 Å². The summed E-state index contributed by atoms with van der Waals surface area (Å²) in [6.45, 7) is 13.3. The molecule has 6 atom stereocenters. The van der Waals surface area contributed by atoms with Crippen LogP contribution in [-0.4, -0.2) is 76.9 Å². The SMILES string of the molecule is C=CCOC12Oc3ccc(OC(=O)NCc4ccccc4)cc3C3C(CCCCO)C(CCCCO)C=C(C(=NOC(C)(C)C)CC1N(Cc1cccc4ccccc14)C(=O)OCCCCCCCCCCCC)C32. The quantitative estimate of drug-likeness (QED) is 0.0275. The number of nitrogens with zero attached hydrogens (tertiary/aromatic N) is 2. The molecule has 0 spiro atoms. The smallest absolute Gasteiger partial charge is 0.412 e. The molecule has 7 rings (SSSR count). The Morgan fingerprint density at radius 3 is 2.25 bits per heavy atom. The Labute approximate surface area is 446 Å². The standard InChI is InChI=1S/C63H85N3O9/c1-6-8-9-10-11-12-13-14-15-25-40-71-61(70)66(45-49-32-26-31-47-29-19-20-33-51(47)49)57-43-55(65-75-62(3,4)5)53-41-48(30-21-23-37-67)52(34-22-24-38-68)58-54-42-50(73-60(69)64-44-46-27-17-16-18-28-46)35-36-56(54)74-63(57,59(53)58)72-39-7-2/h7,16-20,26-29,31-33,35-36,41-42,48,52,57-59,67-68H,2,6,8-15,21-25,30,34,37-40,43-45H2,1,3-5H3,(H,64,69). The molecule has 75 heavy (non-hydrogen) atoms. The number of aliphatic hydroxyl groups excluding tert-OH is 2. The molecule has 3 N–H and O–H groups in total. The van der Waals surface area contributed by atoms with Crippen molar-refractivity contribution < 1.29 is 43.6 Å². The van der Waals surface area contributed by atoms with E-state index in [1.165, 1.54) is 44.9 Å². The minimum absolute atomic E-state index is 0.0162. The first kappa shape index (κ1) is 57.0. The molecule has 4 aromatic rings. The first-order valence-corrected chi connectivity index (χ1v) is 28.2. The predicted molar refractivity (Wildman–Crippen MR) is 298 cm³/mol. The number of carbonyl (C=O) groups is 2. The summed E-state index contributed by atoms with van der Waals surface area (Å²) in [5, 5.41) is 30.2. The summed E-state index contributed by atoms with van der Waals surface area (Å²) in [5.41, 5.74) is 3.70. The van der Waals surface area contributed by atoms with Gasteiger partial charge in [-0.1, -0.05) is 168 Å². The Morgan fingerprint density at radius 1 is 0.840 bits per heavy atom. The van der Waals surface area contributed by atoms with Gasteiger partial charge in [-0.05, 0) is 110 Å². The molecule has 1 heterocycles. The second-order valence-electron chi connectivity index (χ2n) is 21.8. The minimum atomic E-state index is -1.51. The number of benzene rings is 4. The van der Waals surface area contributed by atoms with Crippen LogP contribution in [0.4, 0.5) is 9.59 Å². The van der Waals surface area contributed by atoms with E-state index in [0.29, 0.717) is 36.6 Å². The lowest BCUT2D eigenvalue weighted by atomic mass is 9.55. The van der Waals surface area contributed by atoms with Gasteiger partial charge in [-0.2, -0.15) is 0 Å². The van der Waals surface area contributed by atoms with Crippen molar-refractivity contribution in [2.45, 2.75) is 173 Å². The summed E-state index contributed by atoms with van der Waals surface area (Å²) in [6.07, 6.45) is 19.2. The summed E-state index contributed by atoms with van der Waals surface area (Å²) < 4.78 is 27.2. The van der Waals surface area contributed by atoms with Gasteiger partial charge in [0.2, 0.25) is 5.79 Å². The van der Waals surface area contributed by atoms with Gasteiger partial charge < -0.3 is 39.3 Å². The number of unbranched alkanes of at least 4 members (excludes halogenated alkanes) is 11. The molecule has 1 saturated carbocycles. The molecule has 2 aliphatic carbocycles. The van der Waals surface area contributed by atoms with E-state index >= 15 is 4.79 Å². The molecule has 0 saturated heterocycles. The highest BCUT2D eigenvalue weighted by molar-refractivity contribution is 6.03. The monoisotopic (exact) mass is 1030 g/mol. The molecule has 1 fully saturated rings. The molecule has 0 aromatic heterocycles. The number of oxime groups is 1. The van der Waals surface area contributed by atoms with Crippen LogP contribution in [0.25, 0.3) is 10.8 Å². The summed E-state index contributed by atoms with van der Waals surface area (Å²) >= 11 is 0. The lowest BCUT2D eigenvalue weighted by Crippen LogP contribution is -2.70. The van der Waals surface area contributed by atoms with Crippen LogP contribution < -0.4 is 14.8 Å². The van der Waals surface area contributed by atoms with Crippen LogP contribution in [-0.2, 0) is 27.4 Å². The molecule has 1 aliphatic heterocycles. The molecule has 6 unspecified atom stereocenters. The van der Waals surface area contributed by atoms with E-state index < -0.39 is 35.5 Å². The van der Waals surface area contributed by atoms with Gasteiger partial charge in [-0.15, -0.1) is 6.58 Å². The summed E-state index contributed by atoms with van der Waals surface area (Å²) in [7, 11) is 0. The Morgan fingerprint density at radius 2 is 1.53 bits per heavy atom. The fraction of sp³-hybridized carbons (Fsp3) is 0.540. The van der Waals surface area contributed by atoms with Crippen LogP contribution in [0, 0.1) is 17.8 Å². The lowest BCUT2D eigenvalue weighted by molar-refractivity contribution is -0.256. The van der Waals surface area contributed by atoms with Crippen molar-refractivity contribution in [2.24, 2.45) is 22.9 Å². The maximum atomic E-state index is 15.4. The first-order chi connectivity index (χ1) is 36.5. The highest BCUT2D eigenvalue weighted by Gasteiger charge is 2.66. The zero-order chi connectivity index (χ0) is 53.0. The number of hydrogen-bond donors (Lipinski definition) is 3. The van der Waals surface area contributed by atoms with Crippen molar-refractivity contribution in [3.05, 3.63) is 132 Å². The molecule has 0 radical (unpaired) electrons. The zero-order valence-electron chi connectivity index (χ0n) is 45.3. The van der Waals surface area contributed by atoms with Crippen molar-refractivity contribution in [1.82, 2.24) is 10.2 Å². The van der Waals surface area contributed by atoms with Crippen LogP contribution in [0.2, 0.25) is 0 Å². The largest absolute Gasteiger partial charge is 0.459 e. The fourth-order valence-electron chi connectivity index (χ4n) is 11.6. The van der Waals surface area contributed by atoms with Gasteiger partial charge in [0.15, 0.2) is 0 Å². The van der Waals surface area contributed by atoms with Gasteiger partial charge >= 0.3 is 12.2 Å². The van der Waals surface area contributed by atoms with E-state index in [1.807, 2.05) is 86.3 Å². The Kier molecular flexibility index (Phi) is 21.6. The van der Waals surface area contributed by atoms with Gasteiger partial charge in [0.05, 0.1) is 31.4 Å². The van der Waals surface area contributed by atoms with Gasteiger partial charge in [0.25, 0.3) is 0 Å². The molecule has 12 nitrogen and oxygen atoms in total. The Hall–Kier alpha value is -5.69. The summed E-state index contributed by atoms with van der Waals surface area (Å²) in [5.74, 6) is -1.50. The lowest BCUT2D eigenvalue weighted by Gasteiger charge is -2.60. The van der Waals surface area contributed by atoms with Crippen LogP contribution >= 0.6 is 0 Å². The third-order valence-corrected chi connectivity index (χ3v) is 15.1. The van der Waals surface area contributed by atoms with Crippen molar-refractivity contribution in [1.29, 1.82) is 0 Å². The number of hydrogen-bond acceptors (Lipinski definition) is 10. The van der Waals surface area contributed by atoms with Crippen molar-refractivity contribution in [3.63, 3.8) is 0 Å². The molecule has 0 bridgehead atoms. The van der Waals surface area contributed by atoms with Crippen LogP contribution in [0.5, 0.6) is 11.5 Å². The zero-order valence-corrected chi connectivity index (χ0v) is 45.3. The molecule has 4 aromatic carbocycles. The van der Waals surface area contributed by atoms with E-state index in [0.717, 1.165) is 78.0 Å². The third-order valence-electron chi connectivity index (χ3n) is 15.1. The van der Waals surface area contributed by atoms with Gasteiger partial charge in [-0.3, -0.25) is 4.90 Å². The number of nitrogens with one attached hydrogen (secondary N) is 1. The highest BCUT2D eigenvalue weighted by atomic mass is 16.7. The number of allylic oxidation sites excluding steroid dienone is 1. The summed E-state index contributed by atoms with van der Waals surface area (Å²) in [4.78, 5) is 37.0. The normalized spacial score (nSPS) is 21.3. The van der Waals surface area contributed by atoms with Gasteiger partial charge in [-0.25, -0.2) is 9.59 Å². The number of rotatable bonds is 29. The second-order valence-corrected chi connectivity index (χ2v) is 21.8. The second kappa shape index (κ2) is 28.4. The van der Waals surface area contributed by atoms with Gasteiger partial charge in [0, 0.05) is 37.7 Å². The first-order valence-electron chi connectivity index (χ1n) is 28.2. The average Bonchev–Trinajstić information content (AvgIpc) is 3.44. The number of carbonyl (C=O) groups excluding carboxylic acids is 2. The van der Waals surface area contributed by atoms with Crippen LogP contribution in [0.3, 0.4) is 0 Å². The maximum Gasteiger partial charge on any atom is 0.412 e. The third kappa shape index (κ3) is 15.3. The van der Waals surface area contributed by atoms with E-state index in [9.17, 15) is 15.0 Å². The molecular weight excluding hydrogens is 943 g/mol. The molecule has 3 aliphatic rings. The predicted octanol–water partition coefficient (Wildman–Crippen LogP) is 14.1. The van der Waals surface area contributed by atoms with E-state index in [4.69, 9.17) is 28.9 Å². The van der Waals surface area contributed by atoms with Crippen molar-refractivity contribution >= 4 is 28.7 Å². The van der Waals surface area contributed by atoms with E-state index in [-0.39, 0.29) is 57.1 Å². The number of amides is 2. The molecule has 2 amide bonds. The maximum absolute atomic E-state index is 15.4. The van der Waals surface area contributed by atoms with Crippen molar-refractivity contribution in [3.8, 4) is 11.5 Å². The highest BCUT2D eigenvalue weighted by Crippen LogP contribution is 2.62. The number of aliphatic hydroxyl groups is 2. The average molecular weight is 1030 g/mol. The number of fused-ring (bicyclic) bond motifs is 3. The van der Waals surface area contributed by atoms with Gasteiger partial charge in [0.1, 0.15) is 23.1 Å². The summed E-state index contributed by atoms with van der Waals surface area (Å²) in [6, 6.07) is 28.8. The van der Waals surface area contributed by atoms with Crippen LogP contribution in [0.15, 0.2) is 120 Å². The molecule has 406 valence electrons. The van der Waals surface area contributed by atoms with Crippen LogP contribution in [0.1, 0.15) is 159 Å². The fourth-order valence-corrected chi connectivity index (χ4v) is 11.6. The van der Waals surface area contributed by atoms with E-state index in [1.54, 1.807) is 12.1 Å². The Balaban J connectivity index is 1.34.